The van der Waals surface area contributed by atoms with Crippen LogP contribution in [0.3, 0.4) is 0 Å². The molecule has 2 N–H and O–H groups in total. The maximum atomic E-state index is 9.26. The van der Waals surface area contributed by atoms with Gasteiger partial charge >= 0.3 is 0 Å². The number of hydrogen-bond acceptors (Lipinski definition) is 4. The monoisotopic (exact) mass is 298 g/mol. The fourth-order valence-corrected chi connectivity index (χ4v) is 2.56. The third-order valence-corrected chi connectivity index (χ3v) is 3.66. The van der Waals surface area contributed by atoms with Gasteiger partial charge in [0.15, 0.2) is 0 Å². The summed E-state index contributed by atoms with van der Waals surface area (Å²) in [5, 5.41) is 13.4. The van der Waals surface area contributed by atoms with Gasteiger partial charge in [-0.3, -0.25) is 0 Å². The average molecular weight is 299 g/mol. The topological polar surface area (TPSA) is 44.7 Å². The maximum Gasteiger partial charge on any atom is 0.0980 e. The van der Waals surface area contributed by atoms with Crippen LogP contribution in [-0.4, -0.2) is 43.6 Å². The fraction of sp³-hybridized carbons (Fsp3) is 0.600. The van der Waals surface area contributed by atoms with E-state index in [2.05, 4.69) is 30.1 Å². The summed E-state index contributed by atoms with van der Waals surface area (Å²) in [5.74, 6) is 0. The summed E-state index contributed by atoms with van der Waals surface area (Å²) in [7, 11) is 0. The highest BCUT2D eigenvalue weighted by Gasteiger charge is 2.21. The largest absolute Gasteiger partial charge is 0.394 e. The van der Waals surface area contributed by atoms with E-state index in [0.717, 1.165) is 18.1 Å². The second-order valence-corrected chi connectivity index (χ2v) is 5.87. The van der Waals surface area contributed by atoms with Gasteiger partial charge in [-0.2, -0.15) is 0 Å². The summed E-state index contributed by atoms with van der Waals surface area (Å²) in [6.07, 6.45) is -0.106. The van der Waals surface area contributed by atoms with Gasteiger partial charge in [0.25, 0.3) is 0 Å². The summed E-state index contributed by atoms with van der Waals surface area (Å²) in [4.78, 5) is 2.26. The fourth-order valence-electron chi connectivity index (χ4n) is 2.37. The molecule has 1 aromatic carbocycles. The molecule has 0 radical (unpaired) electrons. The van der Waals surface area contributed by atoms with Gasteiger partial charge in [-0.05, 0) is 23.8 Å². The first-order valence-electron chi connectivity index (χ1n) is 7.09. The lowest BCUT2D eigenvalue weighted by molar-refractivity contribution is 0.00352. The second-order valence-electron chi connectivity index (χ2n) is 5.43. The average Bonchev–Trinajstić information content (AvgIpc) is 2.45. The smallest absolute Gasteiger partial charge is 0.0980 e. The molecule has 1 atom stereocenters. The lowest BCUT2D eigenvalue weighted by atomic mass is 10.1. The number of ether oxygens (including phenoxy) is 1. The van der Waals surface area contributed by atoms with Crippen molar-refractivity contribution >= 4 is 17.3 Å². The number of nitrogens with zero attached hydrogens (tertiary/aromatic N) is 1. The molecule has 1 heterocycles. The first kappa shape index (κ1) is 15.6. The van der Waals surface area contributed by atoms with Gasteiger partial charge in [-0.25, -0.2) is 0 Å². The molecular weight excluding hydrogens is 276 g/mol. The van der Waals surface area contributed by atoms with Crippen molar-refractivity contribution in [2.45, 2.75) is 32.5 Å². The van der Waals surface area contributed by atoms with Gasteiger partial charge < -0.3 is 20.1 Å². The number of anilines is 1. The quantitative estimate of drug-likeness (QED) is 0.873. The van der Waals surface area contributed by atoms with Gasteiger partial charge in [0, 0.05) is 36.4 Å². The van der Waals surface area contributed by atoms with Crippen LogP contribution in [0.1, 0.15) is 19.4 Å². The van der Waals surface area contributed by atoms with Crippen LogP contribution in [0.5, 0.6) is 0 Å². The Hall–Kier alpha value is -0.810. The zero-order chi connectivity index (χ0) is 14.5. The van der Waals surface area contributed by atoms with Crippen LogP contribution in [-0.2, 0) is 11.3 Å². The standard InChI is InChI=1S/C15H23ClN2O2/c1-11(2)17-8-12-7-13(16)3-4-15(12)18-5-6-20-14(9-18)10-19/h3-4,7,11,14,17,19H,5-6,8-10H2,1-2H3. The van der Waals surface area contributed by atoms with Gasteiger partial charge in [0.05, 0.1) is 19.3 Å². The number of hydrogen-bond donors (Lipinski definition) is 2. The van der Waals surface area contributed by atoms with Crippen LogP contribution in [0.25, 0.3) is 0 Å². The highest BCUT2D eigenvalue weighted by Crippen LogP contribution is 2.26. The molecule has 0 aliphatic carbocycles. The predicted octanol–water partition coefficient (Wildman–Crippen LogP) is 2.04. The van der Waals surface area contributed by atoms with Crippen molar-refractivity contribution in [3.63, 3.8) is 0 Å². The van der Waals surface area contributed by atoms with Crippen molar-refractivity contribution in [1.82, 2.24) is 5.32 Å². The van der Waals surface area contributed by atoms with Crippen LogP contribution in [0.15, 0.2) is 18.2 Å². The molecule has 1 aromatic rings. The van der Waals surface area contributed by atoms with E-state index in [-0.39, 0.29) is 12.7 Å². The third kappa shape index (κ3) is 4.09. The van der Waals surface area contributed by atoms with E-state index in [1.165, 1.54) is 11.3 Å². The van der Waals surface area contributed by atoms with Crippen LogP contribution in [0.4, 0.5) is 5.69 Å². The van der Waals surface area contributed by atoms with E-state index in [4.69, 9.17) is 16.3 Å². The first-order valence-corrected chi connectivity index (χ1v) is 7.47. The van der Waals surface area contributed by atoms with Crippen molar-refractivity contribution in [2.75, 3.05) is 31.2 Å². The van der Waals surface area contributed by atoms with Crippen LogP contribution in [0.2, 0.25) is 5.02 Å². The minimum Gasteiger partial charge on any atom is -0.394 e. The Morgan fingerprint density at radius 2 is 2.30 bits per heavy atom. The molecule has 0 spiro atoms. The summed E-state index contributed by atoms with van der Waals surface area (Å²) in [5.41, 5.74) is 2.36. The Morgan fingerprint density at radius 1 is 1.50 bits per heavy atom. The van der Waals surface area contributed by atoms with Crippen molar-refractivity contribution in [3.05, 3.63) is 28.8 Å². The summed E-state index contributed by atoms with van der Waals surface area (Å²) in [6, 6.07) is 6.41. The lowest BCUT2D eigenvalue weighted by Gasteiger charge is -2.35. The summed E-state index contributed by atoms with van der Waals surface area (Å²) < 4.78 is 5.51. The Bertz CT molecular complexity index is 440. The lowest BCUT2D eigenvalue weighted by Crippen LogP contribution is -2.44. The summed E-state index contributed by atoms with van der Waals surface area (Å²) in [6.45, 7) is 7.30. The number of nitrogens with one attached hydrogen (secondary N) is 1. The van der Waals surface area contributed by atoms with Gasteiger partial charge in [-0.1, -0.05) is 25.4 Å². The number of aliphatic hydroxyl groups excluding tert-OH is 1. The van der Waals surface area contributed by atoms with Crippen LogP contribution >= 0.6 is 11.6 Å². The third-order valence-electron chi connectivity index (χ3n) is 3.43. The van der Waals surface area contributed by atoms with Crippen molar-refractivity contribution in [3.8, 4) is 0 Å². The Balaban J connectivity index is 2.16. The SMILES string of the molecule is CC(C)NCc1cc(Cl)ccc1N1CCOC(CO)C1. The minimum absolute atomic E-state index is 0.0592. The molecule has 1 aliphatic rings. The molecule has 0 saturated carbocycles. The molecule has 1 fully saturated rings. The Labute approximate surface area is 125 Å². The molecule has 1 saturated heterocycles. The molecule has 5 heteroatoms. The molecule has 0 bridgehead atoms. The predicted molar refractivity (Wildman–Crippen MR) is 82.5 cm³/mol. The summed E-state index contributed by atoms with van der Waals surface area (Å²) >= 11 is 6.12. The molecule has 1 unspecified atom stereocenters. The number of halogens is 1. The van der Waals surface area contributed by atoms with E-state index in [9.17, 15) is 5.11 Å². The zero-order valence-corrected chi connectivity index (χ0v) is 12.9. The van der Waals surface area contributed by atoms with Crippen LogP contribution in [0, 0.1) is 0 Å². The van der Waals surface area contributed by atoms with Gasteiger partial charge in [-0.15, -0.1) is 0 Å². The molecule has 20 heavy (non-hydrogen) atoms. The van der Waals surface area contributed by atoms with E-state index >= 15 is 0 Å². The van der Waals surface area contributed by atoms with Gasteiger partial charge in [0.2, 0.25) is 0 Å². The molecular formula is C15H23ClN2O2. The molecule has 1 aliphatic heterocycles. The Morgan fingerprint density at radius 3 is 3.00 bits per heavy atom. The molecule has 2 rings (SSSR count). The van der Waals surface area contributed by atoms with Gasteiger partial charge in [0.1, 0.15) is 0 Å². The van der Waals surface area contributed by atoms with E-state index in [0.29, 0.717) is 19.2 Å². The van der Waals surface area contributed by atoms with Crippen LogP contribution < -0.4 is 10.2 Å². The molecule has 4 nitrogen and oxygen atoms in total. The zero-order valence-electron chi connectivity index (χ0n) is 12.1. The number of morpholine rings is 1. The van der Waals surface area contributed by atoms with Crippen molar-refractivity contribution in [2.24, 2.45) is 0 Å². The second kappa shape index (κ2) is 7.27. The van der Waals surface area contributed by atoms with E-state index in [1.54, 1.807) is 0 Å². The number of aliphatic hydroxyl groups is 1. The van der Waals surface area contributed by atoms with Crippen molar-refractivity contribution in [1.29, 1.82) is 0 Å². The molecule has 0 amide bonds. The van der Waals surface area contributed by atoms with Crippen molar-refractivity contribution < 1.29 is 9.84 Å². The normalized spacial score (nSPS) is 19.6. The maximum absolute atomic E-state index is 9.26. The highest BCUT2D eigenvalue weighted by atomic mass is 35.5. The first-order chi connectivity index (χ1) is 9.60. The minimum atomic E-state index is -0.106. The number of rotatable bonds is 5. The Kier molecular flexibility index (Phi) is 5.66. The highest BCUT2D eigenvalue weighted by molar-refractivity contribution is 6.30. The molecule has 0 aromatic heterocycles. The van der Waals surface area contributed by atoms with E-state index in [1.807, 2.05) is 12.1 Å². The molecule has 112 valence electrons. The van der Waals surface area contributed by atoms with E-state index < -0.39 is 0 Å². The number of benzene rings is 1.